The van der Waals surface area contributed by atoms with Crippen LogP contribution in [0.25, 0.3) is 0 Å². The van der Waals surface area contributed by atoms with Crippen molar-refractivity contribution in [2.45, 2.75) is 38.6 Å². The molecule has 8 nitrogen and oxygen atoms in total. The molecule has 1 N–H and O–H groups in total. The maximum atomic E-state index is 13.3. The molecular formula is C23H28FN5O3. The molecule has 1 aromatic carbocycles. The second-order valence-electron chi connectivity index (χ2n) is 8.22. The lowest BCUT2D eigenvalue weighted by Crippen LogP contribution is -2.40. The second kappa shape index (κ2) is 9.50. The van der Waals surface area contributed by atoms with Gasteiger partial charge >= 0.3 is 0 Å². The Morgan fingerprint density at radius 1 is 1.25 bits per heavy atom. The van der Waals surface area contributed by atoms with Gasteiger partial charge in [-0.3, -0.25) is 9.59 Å². The molecule has 0 aliphatic carbocycles. The van der Waals surface area contributed by atoms with Gasteiger partial charge in [0.2, 0.25) is 5.91 Å². The number of hydrogen-bond donors (Lipinski definition) is 1. The number of aromatic nitrogens is 2. The number of nitrogens with one attached hydrogen (secondary N) is 1. The van der Waals surface area contributed by atoms with Crippen molar-refractivity contribution < 1.29 is 18.7 Å². The molecule has 0 bridgehead atoms. The highest BCUT2D eigenvalue weighted by molar-refractivity contribution is 5.78. The van der Waals surface area contributed by atoms with Crippen LogP contribution in [-0.4, -0.2) is 64.9 Å². The molecular weight excluding hydrogens is 413 g/mol. The number of likely N-dealkylation sites (tertiary alicyclic amines) is 1. The summed E-state index contributed by atoms with van der Waals surface area (Å²) >= 11 is 0. The Balaban J connectivity index is 1.48. The zero-order chi connectivity index (χ0) is 22.7. The first kappa shape index (κ1) is 22.0. The number of carbonyl (C=O) groups excluding carboxylic acids is 2. The number of hydrogen-bond acceptors (Lipinski definition) is 6. The van der Waals surface area contributed by atoms with Crippen molar-refractivity contribution in [3.05, 3.63) is 47.2 Å². The van der Waals surface area contributed by atoms with Gasteiger partial charge in [-0.15, -0.1) is 0 Å². The SMILES string of the molecule is CNc1nc([C@H]2CCCN(C(C)=O)C2)nc2c1CCN(C(=O)COc1cccc(F)c1)C2. The lowest BCUT2D eigenvalue weighted by Gasteiger charge is -2.33. The number of carbonyl (C=O) groups is 2. The summed E-state index contributed by atoms with van der Waals surface area (Å²) in [5.41, 5.74) is 1.84. The molecule has 4 rings (SSSR count). The molecule has 1 fully saturated rings. The van der Waals surface area contributed by atoms with Gasteiger partial charge in [-0.2, -0.15) is 0 Å². The molecule has 3 heterocycles. The minimum absolute atomic E-state index is 0.0663. The van der Waals surface area contributed by atoms with Crippen molar-refractivity contribution in [1.29, 1.82) is 0 Å². The molecule has 1 saturated heterocycles. The number of fused-ring (bicyclic) bond motifs is 1. The van der Waals surface area contributed by atoms with Crippen LogP contribution < -0.4 is 10.1 Å². The molecule has 170 valence electrons. The van der Waals surface area contributed by atoms with Gasteiger partial charge in [0.15, 0.2) is 6.61 Å². The van der Waals surface area contributed by atoms with E-state index >= 15 is 0 Å². The molecule has 0 unspecified atom stereocenters. The fraction of sp³-hybridized carbons (Fsp3) is 0.478. The summed E-state index contributed by atoms with van der Waals surface area (Å²) in [7, 11) is 1.83. The van der Waals surface area contributed by atoms with Crippen LogP contribution in [0.3, 0.4) is 0 Å². The Bertz CT molecular complexity index is 1020. The lowest BCUT2D eigenvalue weighted by atomic mass is 9.96. The topological polar surface area (TPSA) is 87.7 Å². The number of nitrogens with zero attached hydrogens (tertiary/aromatic N) is 4. The fourth-order valence-electron chi connectivity index (χ4n) is 4.32. The van der Waals surface area contributed by atoms with Crippen molar-refractivity contribution in [1.82, 2.24) is 19.8 Å². The summed E-state index contributed by atoms with van der Waals surface area (Å²) in [6, 6.07) is 5.75. The predicted molar refractivity (Wildman–Crippen MR) is 117 cm³/mol. The summed E-state index contributed by atoms with van der Waals surface area (Å²) in [5.74, 6) is 1.38. The third-order valence-electron chi connectivity index (χ3n) is 6.06. The predicted octanol–water partition coefficient (Wildman–Crippen LogP) is 2.35. The van der Waals surface area contributed by atoms with E-state index in [-0.39, 0.29) is 24.3 Å². The molecule has 1 atom stereocenters. The van der Waals surface area contributed by atoms with Crippen molar-refractivity contribution in [2.24, 2.45) is 0 Å². The molecule has 2 aliphatic heterocycles. The average molecular weight is 442 g/mol. The van der Waals surface area contributed by atoms with Crippen LogP contribution in [0.1, 0.15) is 42.8 Å². The number of halogens is 1. The van der Waals surface area contributed by atoms with Crippen molar-refractivity contribution in [3.63, 3.8) is 0 Å². The first-order valence-corrected chi connectivity index (χ1v) is 10.9. The van der Waals surface area contributed by atoms with Crippen LogP contribution in [0.5, 0.6) is 5.75 Å². The van der Waals surface area contributed by atoms with E-state index in [9.17, 15) is 14.0 Å². The Morgan fingerprint density at radius 3 is 2.84 bits per heavy atom. The number of benzene rings is 1. The summed E-state index contributed by atoms with van der Waals surface area (Å²) in [6.07, 6.45) is 2.49. The van der Waals surface area contributed by atoms with Crippen molar-refractivity contribution in [3.8, 4) is 5.75 Å². The van der Waals surface area contributed by atoms with Gasteiger partial charge in [0, 0.05) is 51.2 Å². The normalized spacial score (nSPS) is 18.2. The first-order chi connectivity index (χ1) is 15.4. The van der Waals surface area contributed by atoms with E-state index in [1.54, 1.807) is 24.0 Å². The number of ether oxygens (including phenoxy) is 1. The standard InChI is InChI=1S/C23H28FN5O3/c1-15(30)28-9-4-5-16(12-28)22-26-20-13-29(10-8-19(20)23(25-2)27-22)21(31)14-32-18-7-3-6-17(24)11-18/h3,6-7,11,16H,4-5,8-10,12-14H2,1-2H3,(H,25,26,27)/t16-/m0/s1. The van der Waals surface area contributed by atoms with Crippen LogP contribution in [-0.2, 0) is 22.6 Å². The molecule has 2 aliphatic rings. The van der Waals surface area contributed by atoms with E-state index < -0.39 is 5.82 Å². The average Bonchev–Trinajstić information content (AvgIpc) is 2.81. The van der Waals surface area contributed by atoms with E-state index in [1.165, 1.54) is 12.1 Å². The highest BCUT2D eigenvalue weighted by Crippen LogP contribution is 2.30. The van der Waals surface area contributed by atoms with Gasteiger partial charge in [-0.1, -0.05) is 6.07 Å². The summed E-state index contributed by atoms with van der Waals surface area (Å²) < 4.78 is 18.8. The van der Waals surface area contributed by atoms with Crippen LogP contribution >= 0.6 is 0 Å². The number of amides is 2. The Morgan fingerprint density at radius 2 is 2.09 bits per heavy atom. The summed E-state index contributed by atoms with van der Waals surface area (Å²) in [5, 5.41) is 3.17. The van der Waals surface area contributed by atoms with Gasteiger partial charge < -0.3 is 19.9 Å². The Hall–Kier alpha value is -3.23. The largest absolute Gasteiger partial charge is 0.484 e. The quantitative estimate of drug-likeness (QED) is 0.767. The van der Waals surface area contributed by atoms with Crippen LogP contribution in [0.15, 0.2) is 24.3 Å². The van der Waals surface area contributed by atoms with Gasteiger partial charge in [0.25, 0.3) is 5.91 Å². The number of anilines is 1. The first-order valence-electron chi connectivity index (χ1n) is 10.9. The summed E-state index contributed by atoms with van der Waals surface area (Å²) in [6.45, 7) is 3.71. The van der Waals surface area contributed by atoms with E-state index in [2.05, 4.69) is 5.32 Å². The molecule has 0 radical (unpaired) electrons. The van der Waals surface area contributed by atoms with Gasteiger partial charge in [-0.05, 0) is 31.4 Å². The Labute approximate surface area is 186 Å². The molecule has 0 spiro atoms. The zero-order valence-electron chi connectivity index (χ0n) is 18.4. The lowest BCUT2D eigenvalue weighted by molar-refractivity contribution is -0.134. The third kappa shape index (κ3) is 4.81. The van der Waals surface area contributed by atoms with E-state index in [0.29, 0.717) is 37.6 Å². The van der Waals surface area contributed by atoms with E-state index in [0.717, 1.165) is 36.5 Å². The maximum absolute atomic E-state index is 13.3. The Kier molecular flexibility index (Phi) is 6.53. The number of rotatable bonds is 5. The van der Waals surface area contributed by atoms with Crippen molar-refractivity contribution in [2.75, 3.05) is 38.6 Å². The molecule has 1 aromatic heterocycles. The molecule has 0 saturated carbocycles. The van der Waals surface area contributed by atoms with Crippen LogP contribution in [0, 0.1) is 5.82 Å². The smallest absolute Gasteiger partial charge is 0.260 e. The second-order valence-corrected chi connectivity index (χ2v) is 8.22. The van der Waals surface area contributed by atoms with Crippen LogP contribution in [0.2, 0.25) is 0 Å². The molecule has 2 aromatic rings. The van der Waals surface area contributed by atoms with E-state index in [1.807, 2.05) is 11.9 Å². The third-order valence-corrected chi connectivity index (χ3v) is 6.06. The van der Waals surface area contributed by atoms with Gasteiger partial charge in [-0.25, -0.2) is 14.4 Å². The molecule has 2 amide bonds. The number of piperidine rings is 1. The van der Waals surface area contributed by atoms with Crippen molar-refractivity contribution >= 4 is 17.6 Å². The molecule has 32 heavy (non-hydrogen) atoms. The highest BCUT2D eigenvalue weighted by atomic mass is 19.1. The van der Waals surface area contributed by atoms with Crippen LogP contribution in [0.4, 0.5) is 10.2 Å². The minimum atomic E-state index is -0.406. The van der Waals surface area contributed by atoms with Gasteiger partial charge in [0.05, 0.1) is 12.2 Å². The monoisotopic (exact) mass is 441 g/mol. The van der Waals surface area contributed by atoms with E-state index in [4.69, 9.17) is 14.7 Å². The highest BCUT2D eigenvalue weighted by Gasteiger charge is 2.29. The minimum Gasteiger partial charge on any atom is -0.484 e. The molecule has 9 heteroatoms. The fourth-order valence-corrected chi connectivity index (χ4v) is 4.32. The summed E-state index contributed by atoms with van der Waals surface area (Å²) in [4.78, 5) is 37.7. The zero-order valence-corrected chi connectivity index (χ0v) is 18.4. The van der Waals surface area contributed by atoms with Gasteiger partial charge in [0.1, 0.15) is 23.2 Å². The maximum Gasteiger partial charge on any atom is 0.260 e.